The van der Waals surface area contributed by atoms with Gasteiger partial charge in [-0.1, -0.05) is 4.53 Å². The van der Waals surface area contributed by atoms with Crippen LogP contribution in [0.25, 0.3) is 0 Å². The summed E-state index contributed by atoms with van der Waals surface area (Å²) in [6.07, 6.45) is 0. The van der Waals surface area contributed by atoms with Gasteiger partial charge in [-0.3, -0.25) is 0 Å². The van der Waals surface area contributed by atoms with Crippen LogP contribution in [0.4, 0.5) is 4.53 Å². The van der Waals surface area contributed by atoms with E-state index < -0.39 is 9.05 Å². The molecule has 0 spiro atoms. The van der Waals surface area contributed by atoms with Crippen LogP contribution in [-0.2, 0) is 4.63 Å². The van der Waals surface area contributed by atoms with Gasteiger partial charge in [0.15, 0.2) is 0 Å². The second kappa shape index (κ2) is 7.87. The first kappa shape index (κ1) is 23.2. The lowest BCUT2D eigenvalue weighted by Gasteiger charge is -1.96. The molecule has 9 heavy (non-hydrogen) atoms. The Morgan fingerprint density at radius 1 is 1.00 bits per heavy atom. The topological polar surface area (TPSA) is 175 Å². The predicted octanol–water partition coefficient (Wildman–Crippen LogP) is -1.21. The fourth-order valence-corrected chi connectivity index (χ4v) is 0. The van der Waals surface area contributed by atoms with Crippen LogP contribution >= 0.6 is 0 Å². The normalized spacial score (nSPS) is 8.00. The molecule has 0 fully saturated rings. The van der Waals surface area contributed by atoms with Gasteiger partial charge in [-0.05, 0) is 0 Å². The molecule has 12 N–H and O–H groups in total. The highest BCUT2D eigenvalue weighted by Gasteiger charge is 2.31. The van der Waals surface area contributed by atoms with Gasteiger partial charge in [0, 0.05) is 0 Å². The summed E-state index contributed by atoms with van der Waals surface area (Å²) in [5.41, 5.74) is 0. The number of rotatable bonds is 1. The first-order chi connectivity index (χ1) is 2.56. The first-order valence-electron chi connectivity index (χ1n) is 1.03. The standard InChI is InChI=1S/FH3O4Si.3H3N/c1-5-6(2,3)4;;;/h2-4H;3*1H3. The van der Waals surface area contributed by atoms with E-state index in [4.69, 9.17) is 14.4 Å². The molecule has 0 heterocycles. The third-order valence-corrected chi connectivity index (χ3v) is 0.311. The highest BCUT2D eigenvalue weighted by atomic mass is 28.4. The molecule has 9 heteroatoms. The summed E-state index contributed by atoms with van der Waals surface area (Å²) >= 11 is 0. The second-order valence-corrected chi connectivity index (χ2v) is 1.95. The summed E-state index contributed by atoms with van der Waals surface area (Å²) in [6, 6.07) is 0. The van der Waals surface area contributed by atoms with E-state index in [1.807, 2.05) is 0 Å². The molecule has 0 aromatic heterocycles. The number of halogens is 1. The molecule has 0 saturated carbocycles. The number of hydrogen-bond acceptors (Lipinski definition) is 7. The van der Waals surface area contributed by atoms with Gasteiger partial charge in [-0.2, -0.15) is 4.63 Å². The average molecular weight is 165 g/mol. The zero-order valence-corrected chi connectivity index (χ0v) is 5.75. The maximum absolute atomic E-state index is 10.3. The lowest BCUT2D eigenvalue weighted by Crippen LogP contribution is -2.35. The van der Waals surface area contributed by atoms with Crippen molar-refractivity contribution in [2.24, 2.45) is 0 Å². The Bertz CT molecular complexity index is 45.6. The Labute approximate surface area is 52.2 Å². The Balaban J connectivity index is -0.0000000417. The lowest BCUT2D eigenvalue weighted by molar-refractivity contribution is -0.111. The van der Waals surface area contributed by atoms with E-state index in [9.17, 15) is 4.53 Å². The maximum atomic E-state index is 10.3. The molecule has 0 rings (SSSR count). The molecule has 0 saturated heterocycles. The molecule has 0 amide bonds. The third-order valence-electron chi connectivity index (χ3n) is 0.104. The molecule has 0 atom stereocenters. The van der Waals surface area contributed by atoms with Gasteiger partial charge in [-0.25, -0.2) is 0 Å². The Hall–Kier alpha value is -0.133. The fourth-order valence-electron chi connectivity index (χ4n) is 0. The molecule has 0 aromatic carbocycles. The summed E-state index contributed by atoms with van der Waals surface area (Å²) in [7, 11) is -4.80. The lowest BCUT2D eigenvalue weighted by atomic mass is 14.0. The summed E-state index contributed by atoms with van der Waals surface area (Å²) in [6.45, 7) is 0. The van der Waals surface area contributed by atoms with Crippen molar-refractivity contribution in [3.05, 3.63) is 0 Å². The number of hydrogen-bond donors (Lipinski definition) is 6. The van der Waals surface area contributed by atoms with Gasteiger partial charge < -0.3 is 32.8 Å². The highest BCUT2D eigenvalue weighted by Crippen LogP contribution is 1.85. The van der Waals surface area contributed by atoms with Crippen molar-refractivity contribution >= 4 is 9.05 Å². The second-order valence-electron chi connectivity index (χ2n) is 0.651. The predicted molar refractivity (Wildman–Crippen MR) is 29.7 cm³/mol. The van der Waals surface area contributed by atoms with Crippen molar-refractivity contribution in [2.75, 3.05) is 0 Å². The average Bonchev–Trinajstić information content (AvgIpc) is 1.35. The molecule has 0 aliphatic rings. The van der Waals surface area contributed by atoms with Crippen LogP contribution in [0.15, 0.2) is 0 Å². The molecule has 7 nitrogen and oxygen atoms in total. The summed E-state index contributed by atoms with van der Waals surface area (Å²) in [5, 5.41) is 0. The van der Waals surface area contributed by atoms with E-state index in [0.717, 1.165) is 0 Å². The minimum atomic E-state index is -4.80. The summed E-state index contributed by atoms with van der Waals surface area (Å²) < 4.78 is 12.6. The van der Waals surface area contributed by atoms with E-state index in [2.05, 4.69) is 4.63 Å². The molecule has 0 aliphatic carbocycles. The maximum Gasteiger partial charge on any atom is 0.703 e. The van der Waals surface area contributed by atoms with E-state index in [1.165, 1.54) is 0 Å². The SMILES string of the molecule is N.N.N.O[Si](O)(O)OF. The van der Waals surface area contributed by atoms with E-state index in [-0.39, 0.29) is 18.5 Å². The minimum absolute atomic E-state index is 0. The van der Waals surface area contributed by atoms with Crippen molar-refractivity contribution in [1.82, 2.24) is 18.5 Å². The van der Waals surface area contributed by atoms with E-state index >= 15 is 0 Å². The smallest absolute Gasteiger partial charge is 0.366 e. The van der Waals surface area contributed by atoms with E-state index in [0.29, 0.717) is 0 Å². The minimum Gasteiger partial charge on any atom is -0.366 e. The monoisotopic (exact) mass is 165 g/mol. The van der Waals surface area contributed by atoms with Crippen LogP contribution < -0.4 is 18.5 Å². The van der Waals surface area contributed by atoms with E-state index in [1.54, 1.807) is 0 Å². The molecule has 0 aromatic rings. The third kappa shape index (κ3) is 32.9. The summed E-state index contributed by atoms with van der Waals surface area (Å²) in [5.74, 6) is 0. The van der Waals surface area contributed by atoms with Crippen LogP contribution in [0.3, 0.4) is 0 Å². The van der Waals surface area contributed by atoms with Gasteiger partial charge in [-0.15, -0.1) is 0 Å². The largest absolute Gasteiger partial charge is 0.703 e. The van der Waals surface area contributed by atoms with Crippen LogP contribution in [0.2, 0.25) is 0 Å². The van der Waals surface area contributed by atoms with Crippen LogP contribution in [0.5, 0.6) is 0 Å². The van der Waals surface area contributed by atoms with Gasteiger partial charge in [0.1, 0.15) is 0 Å². The highest BCUT2D eigenvalue weighted by molar-refractivity contribution is 6.48. The summed E-state index contributed by atoms with van der Waals surface area (Å²) in [4.78, 5) is 22.4. The molecule has 0 bridgehead atoms. The van der Waals surface area contributed by atoms with Gasteiger partial charge in [0.2, 0.25) is 0 Å². The molecular formula is H12FN3O4Si. The Kier molecular flexibility index (Phi) is 20.3. The van der Waals surface area contributed by atoms with Gasteiger partial charge in [0.05, 0.1) is 0 Å². The first-order valence-corrected chi connectivity index (χ1v) is 2.78. The van der Waals surface area contributed by atoms with Gasteiger partial charge >= 0.3 is 9.05 Å². The van der Waals surface area contributed by atoms with Crippen molar-refractivity contribution in [1.29, 1.82) is 0 Å². The quantitative estimate of drug-likeness (QED) is 0.264. The van der Waals surface area contributed by atoms with Crippen molar-refractivity contribution < 1.29 is 23.5 Å². The Morgan fingerprint density at radius 3 is 1.11 bits per heavy atom. The van der Waals surface area contributed by atoms with Crippen molar-refractivity contribution in [2.45, 2.75) is 0 Å². The van der Waals surface area contributed by atoms with Crippen molar-refractivity contribution in [3.8, 4) is 0 Å². The zero-order chi connectivity index (χ0) is 5.21. The molecule has 0 aliphatic heterocycles. The molecular weight excluding hydrogens is 153 g/mol. The van der Waals surface area contributed by atoms with Crippen LogP contribution in [0, 0.1) is 0 Å². The molecule has 0 unspecified atom stereocenters. The van der Waals surface area contributed by atoms with Crippen LogP contribution in [-0.4, -0.2) is 23.4 Å². The molecule has 62 valence electrons. The van der Waals surface area contributed by atoms with Crippen LogP contribution in [0.1, 0.15) is 0 Å². The Morgan fingerprint density at radius 2 is 1.11 bits per heavy atom. The zero-order valence-electron chi connectivity index (χ0n) is 4.75. The van der Waals surface area contributed by atoms with Crippen molar-refractivity contribution in [3.63, 3.8) is 0 Å². The fraction of sp³-hybridized carbons (Fsp3) is 0. The van der Waals surface area contributed by atoms with Gasteiger partial charge in [0.25, 0.3) is 0 Å². The molecule has 0 radical (unpaired) electrons.